The molecule has 10 aromatic rings. The Labute approximate surface area is 465 Å². The van der Waals surface area contributed by atoms with Gasteiger partial charge in [0.2, 0.25) is 0 Å². The Kier molecular flexibility index (Phi) is 19.8. The number of nitriles is 1. The van der Waals surface area contributed by atoms with Gasteiger partial charge in [0.1, 0.15) is 11.6 Å². The summed E-state index contributed by atoms with van der Waals surface area (Å²) >= 11 is 0. The Morgan fingerprint density at radius 1 is 0.630 bits per heavy atom. The summed E-state index contributed by atoms with van der Waals surface area (Å²) in [6.07, 6.45) is 1.17. The quantitative estimate of drug-likeness (QED) is 0.107. The minimum Gasteiger partial charge on any atom is -0.512 e. The Balaban J connectivity index is 0.000000189. The van der Waals surface area contributed by atoms with Gasteiger partial charge in [-0.3, -0.25) is 19.7 Å². The van der Waals surface area contributed by atoms with Crippen molar-refractivity contribution in [2.24, 2.45) is 0 Å². The number of halogens is 2. The Morgan fingerprint density at radius 3 is 1.82 bits per heavy atom. The topological polar surface area (TPSA) is 99.8 Å². The average molecular weight is 1490 g/mol. The number of allylic oxidation sites excluding steroid dienone is 2. The van der Waals surface area contributed by atoms with E-state index in [0.717, 1.165) is 61.7 Å². The molecule has 0 saturated heterocycles. The number of aliphatic hydroxyl groups is 1. The number of rotatable bonds is 4. The van der Waals surface area contributed by atoms with Crippen molar-refractivity contribution in [3.05, 3.63) is 233 Å². The molecular formula is C62H47F2Ir3N4O2-3. The summed E-state index contributed by atoms with van der Waals surface area (Å²) in [4.78, 5) is 23.8. The SMILES string of the molecule is CC(=O)C=C(C)O.CC1(C)c2[c-]c(-c3ccc4ccccc4n3)ccc2-c2ccccc21.Cc1[c-]c(-c2cc(F)c3cc(F)ccc3n2)cc(C)c1.N#Cc1c[c-]c(-c2ccc3ccccc3n2)cc1.[Ir].[Ir].[Ir]. The zero-order valence-corrected chi connectivity index (χ0v) is 47.8. The van der Waals surface area contributed by atoms with Crippen LogP contribution < -0.4 is 0 Å². The number of aliphatic hydroxyl groups excluding tert-OH is 1. The number of pyridine rings is 3. The van der Waals surface area contributed by atoms with Crippen molar-refractivity contribution in [1.29, 1.82) is 5.26 Å². The molecule has 0 aliphatic heterocycles. The number of hydrogen-bond acceptors (Lipinski definition) is 6. The third kappa shape index (κ3) is 13.7. The van der Waals surface area contributed by atoms with Crippen molar-refractivity contribution in [2.45, 2.75) is 47.0 Å². The molecule has 1 aliphatic carbocycles. The van der Waals surface area contributed by atoms with Crippen LogP contribution in [0.2, 0.25) is 0 Å². The molecule has 371 valence electrons. The van der Waals surface area contributed by atoms with Gasteiger partial charge in [0.05, 0.1) is 22.3 Å². The van der Waals surface area contributed by atoms with E-state index >= 15 is 0 Å². The maximum Gasteiger partial charge on any atom is 0.155 e. The van der Waals surface area contributed by atoms with E-state index in [0.29, 0.717) is 16.8 Å². The van der Waals surface area contributed by atoms with Gasteiger partial charge in [0, 0.05) is 77.8 Å². The predicted octanol–water partition coefficient (Wildman–Crippen LogP) is 15.2. The predicted molar refractivity (Wildman–Crippen MR) is 277 cm³/mol. The summed E-state index contributed by atoms with van der Waals surface area (Å²) < 4.78 is 27.2. The van der Waals surface area contributed by atoms with Gasteiger partial charge in [0.15, 0.2) is 5.78 Å². The Morgan fingerprint density at radius 2 is 1.23 bits per heavy atom. The Hall–Kier alpha value is -6.72. The molecule has 7 aromatic carbocycles. The van der Waals surface area contributed by atoms with Crippen LogP contribution in [0.4, 0.5) is 8.78 Å². The number of aryl methyl sites for hydroxylation is 2. The van der Waals surface area contributed by atoms with E-state index in [1.165, 1.54) is 65.8 Å². The number of carbonyl (C=O) groups excluding carboxylic acids is 1. The van der Waals surface area contributed by atoms with Crippen LogP contribution in [-0.4, -0.2) is 25.8 Å². The first-order valence-corrected chi connectivity index (χ1v) is 22.6. The van der Waals surface area contributed by atoms with E-state index in [1.807, 2.05) is 80.6 Å². The second kappa shape index (κ2) is 25.3. The molecule has 0 saturated carbocycles. The van der Waals surface area contributed by atoms with Crippen molar-refractivity contribution >= 4 is 38.5 Å². The van der Waals surface area contributed by atoms with Crippen LogP contribution in [0.25, 0.3) is 77.6 Å². The molecule has 0 atom stereocenters. The van der Waals surface area contributed by atoms with E-state index in [-0.39, 0.29) is 82.7 Å². The van der Waals surface area contributed by atoms with Crippen LogP contribution in [-0.2, 0) is 70.5 Å². The molecule has 3 aromatic heterocycles. The molecule has 0 fully saturated rings. The summed E-state index contributed by atoms with van der Waals surface area (Å²) in [5.41, 5.74) is 15.4. The first kappa shape index (κ1) is 57.2. The molecule has 1 aliphatic rings. The standard InChI is InChI=1S/C24H18N.C17H12F2N.C16H9N2.C5H8O2.3Ir/c1-24(2)20-9-5-4-8-18(20)19-13-11-17(15-21(19)24)23-14-12-16-7-3-6-10-22(16)25-23;1-10-5-11(2)7-12(6-10)17-9-15(19)14-8-13(18)3-4-16(14)20-17;17-11-12-5-7-14(8-6-12)16-10-9-13-3-1-2-4-15(13)18-16;1-4(6)3-5(2)7;;;/h3-14H,1-2H3;3-6,8-9H,1-2H3;1-7,9-10H;3,6H,1-2H3;;;/q3*-1;;;;. The van der Waals surface area contributed by atoms with Crippen LogP contribution in [0.5, 0.6) is 0 Å². The maximum atomic E-state index is 14.1. The van der Waals surface area contributed by atoms with Gasteiger partial charge >= 0.3 is 0 Å². The van der Waals surface area contributed by atoms with Gasteiger partial charge in [-0.2, -0.15) is 0 Å². The molecule has 3 radical (unpaired) electrons. The first-order valence-electron chi connectivity index (χ1n) is 22.6. The zero-order chi connectivity index (χ0) is 49.5. The summed E-state index contributed by atoms with van der Waals surface area (Å²) in [5.74, 6) is -1.01. The maximum absolute atomic E-state index is 14.1. The van der Waals surface area contributed by atoms with Crippen molar-refractivity contribution in [1.82, 2.24) is 15.0 Å². The van der Waals surface area contributed by atoms with Crippen molar-refractivity contribution < 1.29 is 79.0 Å². The molecule has 6 nitrogen and oxygen atoms in total. The van der Waals surface area contributed by atoms with Crippen molar-refractivity contribution in [3.8, 4) is 51.0 Å². The minimum atomic E-state index is -0.475. The molecule has 0 spiro atoms. The summed E-state index contributed by atoms with van der Waals surface area (Å²) in [5, 5.41) is 19.6. The number of nitrogens with zero attached hydrogens (tertiary/aromatic N) is 4. The number of aromatic nitrogens is 3. The molecule has 11 rings (SSSR count). The molecule has 1 N–H and O–H groups in total. The van der Waals surface area contributed by atoms with Gasteiger partial charge in [0.25, 0.3) is 0 Å². The monoisotopic (exact) mass is 1500 g/mol. The first-order chi connectivity index (χ1) is 33.7. The van der Waals surface area contributed by atoms with Gasteiger partial charge in [-0.05, 0) is 94.6 Å². The third-order valence-electron chi connectivity index (χ3n) is 11.7. The Bertz CT molecular complexity index is 3640. The summed E-state index contributed by atoms with van der Waals surface area (Å²) in [7, 11) is 0. The van der Waals surface area contributed by atoms with Crippen LogP contribution in [0, 0.1) is 55.0 Å². The molecule has 11 heteroatoms. The number of fused-ring (bicyclic) bond motifs is 6. The fourth-order valence-corrected chi connectivity index (χ4v) is 8.47. The molecular weight excluding hydrogens is 1450 g/mol. The van der Waals surface area contributed by atoms with E-state index in [9.17, 15) is 13.6 Å². The number of carbonyl (C=O) groups is 1. The number of para-hydroxylation sites is 2. The van der Waals surface area contributed by atoms with Crippen molar-refractivity contribution in [3.63, 3.8) is 0 Å². The summed E-state index contributed by atoms with van der Waals surface area (Å²) in [6.45, 7) is 11.3. The van der Waals surface area contributed by atoms with Gasteiger partial charge in [-0.15, -0.1) is 94.0 Å². The van der Waals surface area contributed by atoms with E-state index in [2.05, 4.69) is 109 Å². The van der Waals surface area contributed by atoms with E-state index in [1.54, 1.807) is 12.1 Å². The minimum absolute atomic E-state index is 0. The number of hydrogen-bond donors (Lipinski definition) is 1. The second-order valence-electron chi connectivity index (χ2n) is 17.5. The fourth-order valence-electron chi connectivity index (χ4n) is 8.47. The number of benzene rings is 7. The second-order valence-corrected chi connectivity index (χ2v) is 17.5. The third-order valence-corrected chi connectivity index (χ3v) is 11.7. The normalized spacial score (nSPS) is 11.5. The largest absolute Gasteiger partial charge is 0.512 e. The van der Waals surface area contributed by atoms with Gasteiger partial charge in [-0.25, -0.2) is 14.0 Å². The van der Waals surface area contributed by atoms with Gasteiger partial charge in [-0.1, -0.05) is 124 Å². The molecule has 73 heavy (non-hydrogen) atoms. The van der Waals surface area contributed by atoms with Crippen LogP contribution >= 0.6 is 0 Å². The fraction of sp³-hybridized carbons (Fsp3) is 0.113. The van der Waals surface area contributed by atoms with Crippen LogP contribution in [0.15, 0.2) is 176 Å². The number of ketones is 1. The average Bonchev–Trinajstić information content (AvgIpc) is 3.58. The van der Waals surface area contributed by atoms with Gasteiger partial charge < -0.3 is 5.11 Å². The molecule has 3 heterocycles. The zero-order valence-electron chi connectivity index (χ0n) is 40.6. The van der Waals surface area contributed by atoms with Crippen LogP contribution in [0.1, 0.15) is 55.5 Å². The molecule has 0 bridgehead atoms. The van der Waals surface area contributed by atoms with E-state index in [4.69, 9.17) is 15.4 Å². The molecule has 0 unspecified atom stereocenters. The van der Waals surface area contributed by atoms with Crippen LogP contribution in [0.3, 0.4) is 0 Å². The summed E-state index contributed by atoms with van der Waals surface area (Å²) in [6, 6.07) is 64.0. The molecule has 0 amide bonds. The van der Waals surface area contributed by atoms with E-state index < -0.39 is 11.6 Å². The van der Waals surface area contributed by atoms with Crippen molar-refractivity contribution in [2.75, 3.05) is 0 Å². The smallest absolute Gasteiger partial charge is 0.155 e.